The molecule has 0 radical (unpaired) electrons. The number of phenolic OH excluding ortho intramolecular Hbond substituents is 2. The number of aromatic hydroxyl groups is 2. The summed E-state index contributed by atoms with van der Waals surface area (Å²) in [4.78, 5) is 21.0. The van der Waals surface area contributed by atoms with E-state index >= 15 is 0 Å². The van der Waals surface area contributed by atoms with Crippen molar-refractivity contribution in [3.63, 3.8) is 0 Å². The lowest BCUT2D eigenvalue weighted by Gasteiger charge is -2.01. The molecule has 0 atom stereocenters. The summed E-state index contributed by atoms with van der Waals surface area (Å²) >= 11 is 5.52. The number of carbonyl (C=O) groups is 2. The minimum Gasteiger partial charge on any atom is -0.504 e. The van der Waals surface area contributed by atoms with E-state index in [1.54, 1.807) is 0 Å². The van der Waals surface area contributed by atoms with E-state index in [4.69, 9.17) is 21.8 Å². The van der Waals surface area contributed by atoms with Crippen LogP contribution in [0.15, 0.2) is 12.1 Å². The van der Waals surface area contributed by atoms with Crippen molar-refractivity contribution in [1.82, 2.24) is 0 Å². The topological polar surface area (TPSA) is 74.6 Å². The van der Waals surface area contributed by atoms with Crippen molar-refractivity contribution < 1.29 is 19.8 Å². The number of benzene rings is 1. The zero-order valence-corrected chi connectivity index (χ0v) is 7.08. The molecule has 4 nitrogen and oxygen atoms in total. The molecule has 0 saturated heterocycles. The van der Waals surface area contributed by atoms with Crippen molar-refractivity contribution in [2.24, 2.45) is 0 Å². The van der Waals surface area contributed by atoms with Gasteiger partial charge in [0.25, 0.3) is 0 Å². The van der Waals surface area contributed by atoms with Gasteiger partial charge in [-0.1, -0.05) is 11.6 Å². The van der Waals surface area contributed by atoms with Gasteiger partial charge < -0.3 is 10.2 Å². The van der Waals surface area contributed by atoms with Crippen LogP contribution in [0.1, 0.15) is 10.4 Å². The molecule has 0 amide bonds. The molecule has 0 heterocycles. The molecule has 1 rings (SSSR count). The van der Waals surface area contributed by atoms with Crippen LogP contribution in [-0.4, -0.2) is 22.3 Å². The fourth-order valence-electron chi connectivity index (χ4n) is 0.804. The van der Waals surface area contributed by atoms with Gasteiger partial charge >= 0.3 is 0 Å². The van der Waals surface area contributed by atoms with Crippen LogP contribution in [0.2, 0.25) is 5.02 Å². The van der Waals surface area contributed by atoms with Crippen LogP contribution >= 0.6 is 11.6 Å². The van der Waals surface area contributed by atoms with Gasteiger partial charge in [0, 0.05) is 11.6 Å². The van der Waals surface area contributed by atoms with Crippen LogP contribution in [0.4, 0.5) is 0 Å². The Bertz CT molecular complexity index is 373. The summed E-state index contributed by atoms with van der Waals surface area (Å²) in [6.45, 7) is 0. The second-order valence-corrected chi connectivity index (χ2v) is 2.71. The van der Waals surface area contributed by atoms with Crippen molar-refractivity contribution in [2.45, 2.75) is 0 Å². The summed E-state index contributed by atoms with van der Waals surface area (Å²) in [6.07, 6.45) is 0.0811. The van der Waals surface area contributed by atoms with Crippen LogP contribution in [0.25, 0.3) is 0 Å². The first-order valence-corrected chi connectivity index (χ1v) is 3.65. The number of hydrogen-bond donors (Lipinski definition) is 2. The zero-order chi connectivity index (χ0) is 10.0. The normalized spacial score (nSPS) is 9.62. The number of phenols is 2. The Morgan fingerprint density at radius 2 is 1.85 bits per heavy atom. The van der Waals surface area contributed by atoms with Gasteiger partial charge in [0.15, 0.2) is 17.8 Å². The van der Waals surface area contributed by atoms with Crippen LogP contribution in [0, 0.1) is 0 Å². The van der Waals surface area contributed by atoms with Gasteiger partial charge in [0.05, 0.1) is 5.02 Å². The number of rotatable bonds is 2. The van der Waals surface area contributed by atoms with Crippen LogP contribution < -0.4 is 0 Å². The number of Topliss-reactive ketones (excluding diaryl/α,β-unsaturated/α-hetero) is 1. The maximum atomic E-state index is 10.9. The van der Waals surface area contributed by atoms with Gasteiger partial charge in [-0.15, -0.1) is 0 Å². The Balaban J connectivity index is 3.31. The highest BCUT2D eigenvalue weighted by molar-refractivity contribution is 6.41. The maximum absolute atomic E-state index is 10.9. The molecule has 0 bridgehead atoms. The van der Waals surface area contributed by atoms with Gasteiger partial charge in [-0.05, 0) is 6.07 Å². The Morgan fingerprint density at radius 3 is 2.38 bits per heavy atom. The number of hydrogen-bond acceptors (Lipinski definition) is 4. The Labute approximate surface area is 78.4 Å². The molecule has 0 aliphatic heterocycles. The smallest absolute Gasteiger partial charge is 0.227 e. The minimum absolute atomic E-state index is 0.0765. The minimum atomic E-state index is -0.847. The largest absolute Gasteiger partial charge is 0.504 e. The third kappa shape index (κ3) is 1.78. The van der Waals surface area contributed by atoms with E-state index in [9.17, 15) is 9.59 Å². The number of ketones is 1. The predicted octanol–water partition coefficient (Wildman–Crippen LogP) is 1.13. The molecule has 13 heavy (non-hydrogen) atoms. The Morgan fingerprint density at radius 1 is 1.31 bits per heavy atom. The van der Waals surface area contributed by atoms with E-state index < -0.39 is 17.3 Å². The van der Waals surface area contributed by atoms with Gasteiger partial charge in [-0.3, -0.25) is 9.59 Å². The summed E-state index contributed by atoms with van der Waals surface area (Å²) in [6, 6.07) is 1.93. The Kier molecular flexibility index (Phi) is 2.53. The fraction of sp³-hybridized carbons (Fsp3) is 0. The van der Waals surface area contributed by atoms with Gasteiger partial charge in [-0.25, -0.2) is 0 Å². The molecule has 5 heteroatoms. The van der Waals surface area contributed by atoms with Gasteiger partial charge in [0.2, 0.25) is 5.78 Å². The van der Waals surface area contributed by atoms with Crippen molar-refractivity contribution in [3.05, 3.63) is 22.7 Å². The summed E-state index contributed by atoms with van der Waals surface area (Å²) in [5.41, 5.74) is -0.132. The highest BCUT2D eigenvalue weighted by Crippen LogP contribution is 2.30. The molecule has 0 saturated carbocycles. The monoisotopic (exact) mass is 200 g/mol. The molecule has 0 aliphatic carbocycles. The molecule has 0 spiro atoms. The van der Waals surface area contributed by atoms with Crippen molar-refractivity contribution in [2.75, 3.05) is 0 Å². The maximum Gasteiger partial charge on any atom is 0.227 e. The lowest BCUT2D eigenvalue weighted by molar-refractivity contribution is -0.104. The van der Waals surface area contributed by atoms with E-state index in [2.05, 4.69) is 0 Å². The molecule has 1 aromatic carbocycles. The predicted molar refractivity (Wildman–Crippen MR) is 45.2 cm³/mol. The van der Waals surface area contributed by atoms with E-state index in [1.165, 1.54) is 0 Å². The third-order valence-electron chi connectivity index (χ3n) is 1.44. The molecule has 2 N–H and O–H groups in total. The molecule has 1 aromatic rings. The molecular formula is C8H5ClO4. The average Bonchev–Trinajstić information content (AvgIpc) is 2.10. The molecule has 0 unspecified atom stereocenters. The summed E-state index contributed by atoms with van der Waals surface area (Å²) in [7, 11) is 0. The molecule has 0 fully saturated rings. The average molecular weight is 201 g/mol. The second-order valence-electron chi connectivity index (χ2n) is 2.30. The zero-order valence-electron chi connectivity index (χ0n) is 6.32. The van der Waals surface area contributed by atoms with Gasteiger partial charge in [-0.2, -0.15) is 0 Å². The standard InChI is InChI=1S/C8H5ClO4/c9-5-2-7(12)6(11)1-4(5)8(13)3-10/h1-3,11-12H. The van der Waals surface area contributed by atoms with Crippen LogP contribution in [0.3, 0.4) is 0 Å². The number of halogens is 1. The van der Waals surface area contributed by atoms with E-state index in [-0.39, 0.29) is 16.9 Å². The third-order valence-corrected chi connectivity index (χ3v) is 1.75. The quantitative estimate of drug-likeness (QED) is 0.325. The lowest BCUT2D eigenvalue weighted by atomic mass is 10.1. The highest BCUT2D eigenvalue weighted by atomic mass is 35.5. The molecule has 0 aromatic heterocycles. The summed E-state index contributed by atoms with van der Waals surface area (Å²) < 4.78 is 0. The highest BCUT2D eigenvalue weighted by Gasteiger charge is 2.12. The fourth-order valence-corrected chi connectivity index (χ4v) is 1.05. The van der Waals surface area contributed by atoms with E-state index in [0.717, 1.165) is 12.1 Å². The number of carbonyl (C=O) groups excluding carboxylic acids is 2. The summed E-state index contributed by atoms with van der Waals surface area (Å²) in [5.74, 6) is -1.78. The van der Waals surface area contributed by atoms with E-state index in [0.29, 0.717) is 0 Å². The van der Waals surface area contributed by atoms with Crippen molar-refractivity contribution >= 4 is 23.7 Å². The molecule has 68 valence electrons. The lowest BCUT2D eigenvalue weighted by Crippen LogP contribution is -2.00. The second kappa shape index (κ2) is 3.45. The van der Waals surface area contributed by atoms with E-state index in [1.807, 2.05) is 0 Å². The summed E-state index contributed by atoms with van der Waals surface area (Å²) in [5, 5.41) is 17.9. The van der Waals surface area contributed by atoms with Crippen molar-refractivity contribution in [3.8, 4) is 11.5 Å². The first-order chi connectivity index (χ1) is 6.06. The molecular weight excluding hydrogens is 196 g/mol. The Hall–Kier alpha value is -1.55. The van der Waals surface area contributed by atoms with Crippen LogP contribution in [0.5, 0.6) is 11.5 Å². The SMILES string of the molecule is O=CC(=O)c1cc(O)c(O)cc1Cl. The van der Waals surface area contributed by atoms with Gasteiger partial charge in [0.1, 0.15) is 0 Å². The van der Waals surface area contributed by atoms with Crippen LogP contribution in [-0.2, 0) is 4.79 Å². The van der Waals surface area contributed by atoms with Crippen molar-refractivity contribution in [1.29, 1.82) is 0 Å². The first-order valence-electron chi connectivity index (χ1n) is 3.27. The molecule has 0 aliphatic rings. The first kappa shape index (κ1) is 9.54. The number of aldehydes is 1.